The lowest BCUT2D eigenvalue weighted by atomic mass is 9.53. The second-order valence-corrected chi connectivity index (χ2v) is 16.8. The van der Waals surface area contributed by atoms with Crippen molar-refractivity contribution in [3.05, 3.63) is 95.6 Å². The second-order valence-electron chi connectivity index (χ2n) is 12.6. The number of rotatable bonds is 4. The van der Waals surface area contributed by atoms with Crippen molar-refractivity contribution >= 4 is 18.7 Å². The first-order valence-corrected chi connectivity index (χ1v) is 15.4. The molecule has 1 saturated carbocycles. The number of aryl methyl sites for hydroxylation is 2. The zero-order valence-corrected chi connectivity index (χ0v) is 23.5. The highest BCUT2D eigenvalue weighted by molar-refractivity contribution is 6.99. The normalized spacial score (nSPS) is 26.6. The van der Waals surface area contributed by atoms with Crippen molar-refractivity contribution in [1.82, 2.24) is 0 Å². The summed E-state index contributed by atoms with van der Waals surface area (Å²) in [5, 5.41) is 2.77. The first kappa shape index (κ1) is 24.5. The van der Waals surface area contributed by atoms with Crippen LogP contribution in [0.5, 0.6) is 0 Å². The lowest BCUT2D eigenvalue weighted by Gasteiger charge is -2.59. The highest BCUT2D eigenvalue weighted by Gasteiger charge is 2.59. The molecule has 3 aromatic rings. The lowest BCUT2D eigenvalue weighted by Crippen LogP contribution is -2.71. The average Bonchev–Trinajstić information content (AvgIpc) is 2.82. The predicted molar refractivity (Wildman–Crippen MR) is 151 cm³/mol. The molecule has 0 N–H and O–H groups in total. The average molecular weight is 483 g/mol. The molecule has 1 nitrogen and oxygen atoms in total. The molecule has 35 heavy (non-hydrogen) atoms. The van der Waals surface area contributed by atoms with Crippen LogP contribution in [0.25, 0.3) is 0 Å². The third-order valence-electron chi connectivity index (χ3n) is 9.26. The van der Waals surface area contributed by atoms with Gasteiger partial charge in [-0.05, 0) is 83.8 Å². The summed E-state index contributed by atoms with van der Waals surface area (Å²) in [6, 6.07) is 29.6. The van der Waals surface area contributed by atoms with E-state index in [2.05, 4.69) is 120 Å². The van der Waals surface area contributed by atoms with Crippen molar-refractivity contribution in [2.45, 2.75) is 89.7 Å². The van der Waals surface area contributed by atoms with Gasteiger partial charge in [-0.15, -0.1) is 0 Å². The fourth-order valence-corrected chi connectivity index (χ4v) is 12.6. The van der Waals surface area contributed by atoms with Crippen molar-refractivity contribution in [2.75, 3.05) is 0 Å². The first-order valence-electron chi connectivity index (χ1n) is 13.5. The van der Waals surface area contributed by atoms with Crippen molar-refractivity contribution in [2.24, 2.45) is 5.92 Å². The Bertz CT molecular complexity index is 1140. The summed E-state index contributed by atoms with van der Waals surface area (Å²) in [4.78, 5) is 0. The molecule has 0 amide bonds. The Kier molecular flexibility index (Phi) is 6.13. The Balaban J connectivity index is 1.67. The minimum atomic E-state index is -2.62. The van der Waals surface area contributed by atoms with Gasteiger partial charge in [-0.25, -0.2) is 0 Å². The molecule has 0 aliphatic heterocycles. The van der Waals surface area contributed by atoms with Gasteiger partial charge in [-0.2, -0.15) is 0 Å². The zero-order chi connectivity index (χ0) is 24.9. The largest absolute Gasteiger partial charge is 0.402 e. The van der Waals surface area contributed by atoms with E-state index in [1.54, 1.807) is 11.1 Å². The van der Waals surface area contributed by atoms with Gasteiger partial charge in [0, 0.05) is 0 Å². The molecular formula is C33H42OSi. The molecule has 0 spiro atoms. The van der Waals surface area contributed by atoms with E-state index in [1.807, 2.05) is 0 Å². The Morgan fingerprint density at radius 1 is 0.829 bits per heavy atom. The molecule has 0 unspecified atom stereocenters. The minimum Gasteiger partial charge on any atom is -0.402 e. The number of fused-ring (bicyclic) bond motifs is 3. The van der Waals surface area contributed by atoms with Gasteiger partial charge in [-0.3, -0.25) is 0 Å². The molecule has 0 bridgehead atoms. The molecule has 0 aromatic heterocycles. The van der Waals surface area contributed by atoms with E-state index in [0.717, 1.165) is 12.8 Å². The molecule has 0 radical (unpaired) electrons. The molecule has 2 aliphatic carbocycles. The van der Waals surface area contributed by atoms with E-state index in [4.69, 9.17) is 4.43 Å². The molecule has 0 saturated heterocycles. The summed E-state index contributed by atoms with van der Waals surface area (Å²) in [6.07, 6.45) is 5.99. The van der Waals surface area contributed by atoms with Gasteiger partial charge < -0.3 is 4.43 Å². The molecule has 3 aromatic carbocycles. The van der Waals surface area contributed by atoms with Crippen LogP contribution in [0.4, 0.5) is 0 Å². The topological polar surface area (TPSA) is 9.23 Å². The summed E-state index contributed by atoms with van der Waals surface area (Å²) in [5.41, 5.74) is 4.53. The number of hydrogen-bond acceptors (Lipinski definition) is 1. The van der Waals surface area contributed by atoms with E-state index < -0.39 is 8.32 Å². The summed E-state index contributed by atoms with van der Waals surface area (Å²) in [5.74, 6) is 0.514. The fourth-order valence-electron chi connectivity index (χ4n) is 7.68. The molecule has 184 valence electrons. The highest BCUT2D eigenvalue weighted by atomic mass is 28.4. The summed E-state index contributed by atoms with van der Waals surface area (Å²) < 4.78 is 7.92. The van der Waals surface area contributed by atoms with E-state index >= 15 is 0 Å². The van der Waals surface area contributed by atoms with E-state index in [9.17, 15) is 0 Å². The first-order chi connectivity index (χ1) is 16.6. The quantitative estimate of drug-likeness (QED) is 0.354. The third-order valence-corrected chi connectivity index (χ3v) is 14.4. The maximum atomic E-state index is 7.92. The summed E-state index contributed by atoms with van der Waals surface area (Å²) in [7, 11) is -2.62. The Morgan fingerprint density at radius 3 is 2.00 bits per heavy atom. The van der Waals surface area contributed by atoms with Gasteiger partial charge in [0.1, 0.15) is 0 Å². The van der Waals surface area contributed by atoms with Gasteiger partial charge in [0.15, 0.2) is 0 Å². The van der Waals surface area contributed by atoms with Crippen LogP contribution in [0, 0.1) is 12.8 Å². The van der Waals surface area contributed by atoms with Crippen molar-refractivity contribution < 1.29 is 4.43 Å². The fraction of sp³-hybridized carbons (Fsp3) is 0.455. The Hall–Kier alpha value is -2.16. The Labute approximate surface area is 214 Å². The van der Waals surface area contributed by atoms with Crippen LogP contribution in [-0.4, -0.2) is 13.9 Å². The van der Waals surface area contributed by atoms with E-state index in [-0.39, 0.29) is 16.1 Å². The maximum absolute atomic E-state index is 7.92. The van der Waals surface area contributed by atoms with E-state index in [0.29, 0.717) is 5.92 Å². The molecular weight excluding hydrogens is 440 g/mol. The Morgan fingerprint density at radius 2 is 1.43 bits per heavy atom. The highest BCUT2D eigenvalue weighted by Crippen LogP contribution is 2.56. The SMILES string of the molecule is Cc1ccc2c(c1)CC[C@H]1[C@](C)(O[Si](c3ccccc3)(c3ccccc3)C(C)(C)C)CCC[C@]21C. The smallest absolute Gasteiger partial charge is 0.261 e. The standard InChI is InChI=1S/C33H42OSi/c1-25-18-20-29-26(24-25)19-21-30-32(29,5)22-13-23-33(30,6)34-35(31(2,3)4,27-14-9-7-10-15-27)28-16-11-8-12-17-28/h7-12,14-18,20,24,30H,13,19,21-23H2,1-6H3/t30-,32-,33-/m1/s1. The van der Waals surface area contributed by atoms with Crippen molar-refractivity contribution in [3.8, 4) is 0 Å². The zero-order valence-electron chi connectivity index (χ0n) is 22.5. The van der Waals surface area contributed by atoms with Gasteiger partial charge in [0.05, 0.1) is 5.60 Å². The molecule has 5 rings (SSSR count). The van der Waals surface area contributed by atoms with Gasteiger partial charge >= 0.3 is 0 Å². The summed E-state index contributed by atoms with van der Waals surface area (Å²) in [6.45, 7) is 14.5. The molecule has 0 heterocycles. The molecule has 3 atom stereocenters. The monoisotopic (exact) mass is 482 g/mol. The van der Waals surface area contributed by atoms with Gasteiger partial charge in [0.2, 0.25) is 0 Å². The minimum absolute atomic E-state index is 0.00372. The predicted octanol–water partition coefficient (Wildman–Crippen LogP) is 7.33. The van der Waals surface area contributed by atoms with Crippen molar-refractivity contribution in [3.63, 3.8) is 0 Å². The number of hydrogen-bond donors (Lipinski definition) is 0. The maximum Gasteiger partial charge on any atom is 0.261 e. The van der Waals surface area contributed by atoms with E-state index in [1.165, 1.54) is 35.2 Å². The molecule has 2 heteroatoms. The number of benzene rings is 3. The van der Waals surface area contributed by atoms with Crippen molar-refractivity contribution in [1.29, 1.82) is 0 Å². The van der Waals surface area contributed by atoms with Crippen LogP contribution in [0.1, 0.15) is 77.0 Å². The van der Waals surface area contributed by atoms with Crippen LogP contribution in [0.15, 0.2) is 78.9 Å². The van der Waals surface area contributed by atoms with Crippen LogP contribution < -0.4 is 10.4 Å². The van der Waals surface area contributed by atoms with Crippen LogP contribution >= 0.6 is 0 Å². The second kappa shape index (κ2) is 8.75. The van der Waals surface area contributed by atoms with Crippen LogP contribution in [-0.2, 0) is 16.3 Å². The van der Waals surface area contributed by atoms with Crippen LogP contribution in [0.2, 0.25) is 5.04 Å². The van der Waals surface area contributed by atoms with Gasteiger partial charge in [0.25, 0.3) is 8.32 Å². The third kappa shape index (κ3) is 3.94. The van der Waals surface area contributed by atoms with Gasteiger partial charge in [-0.1, -0.05) is 112 Å². The van der Waals surface area contributed by atoms with Crippen LogP contribution in [0.3, 0.4) is 0 Å². The lowest BCUT2D eigenvalue weighted by molar-refractivity contribution is -0.0617. The summed E-state index contributed by atoms with van der Waals surface area (Å²) >= 11 is 0. The molecule has 2 aliphatic rings. The molecule has 1 fully saturated rings.